The van der Waals surface area contributed by atoms with E-state index in [2.05, 4.69) is 22.2 Å². The van der Waals surface area contributed by atoms with Gasteiger partial charge < -0.3 is 10.5 Å². The van der Waals surface area contributed by atoms with Gasteiger partial charge in [-0.05, 0) is 44.9 Å². The van der Waals surface area contributed by atoms with Crippen molar-refractivity contribution in [2.45, 2.75) is 27.7 Å². The van der Waals surface area contributed by atoms with Gasteiger partial charge >= 0.3 is 0 Å². The first-order valence-corrected chi connectivity index (χ1v) is 8.59. The molecule has 4 aromatic rings. The van der Waals surface area contributed by atoms with E-state index in [1.165, 1.54) is 6.33 Å². The minimum atomic E-state index is 0.389. The van der Waals surface area contributed by atoms with Crippen LogP contribution in [0.5, 0.6) is 5.75 Å². The zero-order valence-corrected chi connectivity index (χ0v) is 16.0. The minimum Gasteiger partial charge on any atom is -0.496 e. The summed E-state index contributed by atoms with van der Waals surface area (Å²) in [6.45, 7) is 7.98. The highest BCUT2D eigenvalue weighted by molar-refractivity contribution is 6.01. The monoisotopic (exact) mass is 360 g/mol. The van der Waals surface area contributed by atoms with Gasteiger partial charge in [0.15, 0.2) is 5.65 Å². The van der Waals surface area contributed by atoms with Crippen LogP contribution < -0.4 is 10.5 Å². The van der Waals surface area contributed by atoms with Crippen LogP contribution in [0.15, 0.2) is 18.5 Å². The fourth-order valence-electron chi connectivity index (χ4n) is 4.07. The molecular weight excluding hydrogens is 340 g/mol. The van der Waals surface area contributed by atoms with Gasteiger partial charge in [0.1, 0.15) is 35.0 Å². The molecule has 7 heteroatoms. The summed E-state index contributed by atoms with van der Waals surface area (Å²) in [5.41, 5.74) is 13.2. The first-order valence-electron chi connectivity index (χ1n) is 8.59. The van der Waals surface area contributed by atoms with E-state index < -0.39 is 0 Å². The largest absolute Gasteiger partial charge is 0.496 e. The van der Waals surface area contributed by atoms with E-state index >= 15 is 0 Å². The Bertz CT molecular complexity index is 1270. The number of hydrogen-bond acceptors (Lipinski definition) is 5. The molecule has 0 saturated carbocycles. The quantitative estimate of drug-likeness (QED) is 0.591. The van der Waals surface area contributed by atoms with Gasteiger partial charge in [0.25, 0.3) is 0 Å². The van der Waals surface area contributed by atoms with Crippen LogP contribution >= 0.6 is 0 Å². The molecule has 0 aliphatic heterocycles. The SMILES string of the molecule is COc1c(C)cc(C)c(-n2c(N)c(C#N)c3cc(C)n4ncnc4c32)c1C. The molecule has 0 amide bonds. The number of nitrogens with two attached hydrogens (primary N) is 1. The minimum absolute atomic E-state index is 0.389. The maximum atomic E-state index is 9.76. The van der Waals surface area contributed by atoms with Gasteiger partial charge in [-0.3, -0.25) is 4.57 Å². The second-order valence-corrected chi connectivity index (χ2v) is 6.77. The highest BCUT2D eigenvalue weighted by Gasteiger charge is 2.24. The molecule has 2 N–H and O–H groups in total. The molecular formula is C20H20N6O. The Hall–Kier alpha value is -3.53. The van der Waals surface area contributed by atoms with Gasteiger partial charge in [-0.1, -0.05) is 6.07 Å². The number of fused-ring (bicyclic) bond motifs is 3. The van der Waals surface area contributed by atoms with Crippen LogP contribution in [0.1, 0.15) is 27.9 Å². The molecule has 0 fully saturated rings. The number of ether oxygens (including phenoxy) is 1. The van der Waals surface area contributed by atoms with Crippen LogP contribution in [0.2, 0.25) is 0 Å². The fourth-order valence-corrected chi connectivity index (χ4v) is 4.07. The summed E-state index contributed by atoms with van der Waals surface area (Å²) >= 11 is 0. The smallest absolute Gasteiger partial charge is 0.180 e. The van der Waals surface area contributed by atoms with Crippen molar-refractivity contribution in [3.63, 3.8) is 0 Å². The van der Waals surface area contributed by atoms with Gasteiger partial charge in [-0.25, -0.2) is 9.50 Å². The van der Waals surface area contributed by atoms with E-state index in [0.717, 1.165) is 44.7 Å². The topological polar surface area (TPSA) is 94.2 Å². The number of aryl methyl sites for hydroxylation is 3. The van der Waals surface area contributed by atoms with Gasteiger partial charge in [-0.2, -0.15) is 10.4 Å². The zero-order chi connectivity index (χ0) is 19.5. The van der Waals surface area contributed by atoms with E-state index in [-0.39, 0.29) is 0 Å². The lowest BCUT2D eigenvalue weighted by Crippen LogP contribution is -2.08. The lowest BCUT2D eigenvalue weighted by atomic mass is 10.0. The molecule has 0 bridgehead atoms. The molecule has 0 saturated heterocycles. The Kier molecular flexibility index (Phi) is 3.60. The van der Waals surface area contributed by atoms with Crippen molar-refractivity contribution in [2.75, 3.05) is 12.8 Å². The molecule has 3 heterocycles. The van der Waals surface area contributed by atoms with Crippen molar-refractivity contribution in [3.05, 3.63) is 46.4 Å². The number of anilines is 1. The number of methoxy groups -OCH3 is 1. The van der Waals surface area contributed by atoms with Crippen LogP contribution in [0.4, 0.5) is 5.82 Å². The number of hydrogen-bond donors (Lipinski definition) is 1. The molecule has 0 radical (unpaired) electrons. The number of rotatable bonds is 2. The van der Waals surface area contributed by atoms with Gasteiger partial charge in [0.2, 0.25) is 0 Å². The molecule has 4 rings (SSSR count). The number of benzene rings is 1. The van der Waals surface area contributed by atoms with Crippen LogP contribution in [0.3, 0.4) is 0 Å². The molecule has 0 aliphatic carbocycles. The summed E-state index contributed by atoms with van der Waals surface area (Å²) < 4.78 is 9.28. The Morgan fingerprint density at radius 3 is 2.56 bits per heavy atom. The van der Waals surface area contributed by atoms with E-state index in [4.69, 9.17) is 10.5 Å². The lowest BCUT2D eigenvalue weighted by Gasteiger charge is -2.19. The summed E-state index contributed by atoms with van der Waals surface area (Å²) in [5.74, 6) is 1.19. The van der Waals surface area contributed by atoms with Gasteiger partial charge in [-0.15, -0.1) is 0 Å². The molecule has 136 valence electrons. The third-order valence-electron chi connectivity index (χ3n) is 5.09. The molecule has 1 aromatic carbocycles. The van der Waals surface area contributed by atoms with Crippen molar-refractivity contribution in [1.29, 1.82) is 5.26 Å². The van der Waals surface area contributed by atoms with Crippen molar-refractivity contribution >= 4 is 22.4 Å². The van der Waals surface area contributed by atoms with Crippen molar-refractivity contribution < 1.29 is 4.74 Å². The second-order valence-electron chi connectivity index (χ2n) is 6.77. The molecule has 27 heavy (non-hydrogen) atoms. The number of aromatic nitrogens is 4. The molecule has 3 aromatic heterocycles. The average Bonchev–Trinajstić information content (AvgIpc) is 3.19. The summed E-state index contributed by atoms with van der Waals surface area (Å²) in [7, 11) is 1.66. The number of nitrogens with zero attached hydrogens (tertiary/aromatic N) is 5. The maximum Gasteiger partial charge on any atom is 0.180 e. The van der Waals surface area contributed by atoms with E-state index in [1.54, 1.807) is 11.6 Å². The van der Waals surface area contributed by atoms with Crippen molar-refractivity contribution in [1.82, 2.24) is 19.2 Å². The molecule has 0 atom stereocenters. The fraction of sp³-hybridized carbons (Fsp3) is 0.250. The Morgan fingerprint density at radius 1 is 1.15 bits per heavy atom. The number of nitrogen functional groups attached to an aromatic ring is 1. The predicted octanol–water partition coefficient (Wildman–Crippen LogP) is 3.37. The normalized spacial score (nSPS) is 11.3. The van der Waals surface area contributed by atoms with E-state index in [0.29, 0.717) is 17.0 Å². The van der Waals surface area contributed by atoms with Gasteiger partial charge in [0.05, 0.1) is 12.8 Å². The predicted molar refractivity (Wildman–Crippen MR) is 104 cm³/mol. The highest BCUT2D eigenvalue weighted by Crippen LogP contribution is 2.39. The number of nitriles is 1. The van der Waals surface area contributed by atoms with E-state index in [1.807, 2.05) is 38.3 Å². The second kappa shape index (κ2) is 5.74. The first-order chi connectivity index (χ1) is 12.9. The van der Waals surface area contributed by atoms with Crippen molar-refractivity contribution in [2.24, 2.45) is 0 Å². The van der Waals surface area contributed by atoms with E-state index in [9.17, 15) is 5.26 Å². The maximum absolute atomic E-state index is 9.76. The van der Waals surface area contributed by atoms with Crippen LogP contribution in [0.25, 0.3) is 22.2 Å². The molecule has 0 unspecified atom stereocenters. The first kappa shape index (κ1) is 16.9. The van der Waals surface area contributed by atoms with Crippen LogP contribution in [-0.2, 0) is 0 Å². The van der Waals surface area contributed by atoms with Crippen molar-refractivity contribution in [3.8, 4) is 17.5 Å². The molecule has 7 nitrogen and oxygen atoms in total. The highest BCUT2D eigenvalue weighted by atomic mass is 16.5. The third-order valence-corrected chi connectivity index (χ3v) is 5.09. The Labute approximate surface area is 156 Å². The summed E-state index contributed by atoms with van der Waals surface area (Å²) in [6, 6.07) is 6.25. The summed E-state index contributed by atoms with van der Waals surface area (Å²) in [4.78, 5) is 4.44. The van der Waals surface area contributed by atoms with Crippen LogP contribution in [-0.4, -0.2) is 26.3 Å². The average molecular weight is 360 g/mol. The lowest BCUT2D eigenvalue weighted by molar-refractivity contribution is 0.408. The van der Waals surface area contributed by atoms with Gasteiger partial charge in [0, 0.05) is 16.6 Å². The molecule has 0 aliphatic rings. The summed E-state index contributed by atoms with van der Waals surface area (Å²) in [6.07, 6.45) is 1.51. The summed E-state index contributed by atoms with van der Waals surface area (Å²) in [5, 5.41) is 14.8. The Morgan fingerprint density at radius 2 is 1.89 bits per heavy atom. The van der Waals surface area contributed by atoms with Crippen LogP contribution in [0, 0.1) is 39.0 Å². The third kappa shape index (κ3) is 2.13. The zero-order valence-electron chi connectivity index (χ0n) is 16.0. The molecule has 0 spiro atoms. The standard InChI is InChI=1S/C20H20N6O/c1-10-6-11(2)18(27-5)13(4)16(10)25-17-14(15(8-21)19(25)22)7-12(3)26-20(17)23-9-24-26/h6-7,9H,22H2,1-5H3. The number of pyridine rings is 1. The Balaban J connectivity index is 2.27.